The van der Waals surface area contributed by atoms with Gasteiger partial charge in [-0.05, 0) is 67.0 Å². The molecule has 0 bridgehead atoms. The molecule has 1 N–H and O–H groups in total. The fourth-order valence-corrected chi connectivity index (χ4v) is 3.74. The number of anilines is 1. The molecule has 0 spiro atoms. The highest BCUT2D eigenvalue weighted by Crippen LogP contribution is 2.35. The predicted octanol–water partition coefficient (Wildman–Crippen LogP) is 4.25. The predicted molar refractivity (Wildman–Crippen MR) is 124 cm³/mol. The first kappa shape index (κ1) is 22.0. The van der Waals surface area contributed by atoms with Crippen LogP contribution in [-0.4, -0.2) is 30.6 Å². The third kappa shape index (κ3) is 4.39. The Hall–Kier alpha value is -2.71. The Morgan fingerprint density at radius 3 is 2.43 bits per heavy atom. The van der Waals surface area contributed by atoms with Crippen LogP contribution in [0.4, 0.5) is 5.69 Å². The van der Waals surface area contributed by atoms with Crippen LogP contribution in [0.15, 0.2) is 46.4 Å². The number of benzene rings is 2. The summed E-state index contributed by atoms with van der Waals surface area (Å²) in [5.74, 6) is 0.0196. The molecule has 6 nitrogen and oxygen atoms in total. The second-order valence-electron chi connectivity index (χ2n) is 6.44. The molecule has 2 aromatic rings. The van der Waals surface area contributed by atoms with Crippen LogP contribution >= 0.6 is 28.1 Å². The molecule has 3 rings (SSSR count). The van der Waals surface area contributed by atoms with Gasteiger partial charge in [-0.1, -0.05) is 35.0 Å². The number of thiocarbonyl (C=S) groups is 1. The highest BCUT2D eigenvalue weighted by Gasteiger charge is 2.34. The van der Waals surface area contributed by atoms with Crippen molar-refractivity contribution in [3.63, 3.8) is 0 Å². The lowest BCUT2D eigenvalue weighted by molar-refractivity contribution is -0.122. The maximum Gasteiger partial charge on any atom is 0.270 e. The number of aryl methyl sites for hydroxylation is 1. The maximum absolute atomic E-state index is 13.2. The summed E-state index contributed by atoms with van der Waals surface area (Å²) in [5, 5.41) is 2.65. The Kier molecular flexibility index (Phi) is 6.89. The summed E-state index contributed by atoms with van der Waals surface area (Å²) < 4.78 is 11.6. The second-order valence-corrected chi connectivity index (χ2v) is 7.68. The monoisotopic (exact) mass is 488 g/mol. The number of halogens is 1. The smallest absolute Gasteiger partial charge is 0.270 e. The maximum atomic E-state index is 13.2. The fourth-order valence-electron chi connectivity index (χ4n) is 3.02. The van der Waals surface area contributed by atoms with Gasteiger partial charge in [0.1, 0.15) is 5.57 Å². The first-order valence-electron chi connectivity index (χ1n) is 9.40. The van der Waals surface area contributed by atoms with E-state index in [1.54, 1.807) is 19.2 Å². The van der Waals surface area contributed by atoms with Gasteiger partial charge in [-0.3, -0.25) is 19.8 Å². The number of carbonyl (C=O) groups is 2. The summed E-state index contributed by atoms with van der Waals surface area (Å²) in [5.41, 5.74) is 2.31. The van der Waals surface area contributed by atoms with Crippen molar-refractivity contribution in [1.29, 1.82) is 0 Å². The van der Waals surface area contributed by atoms with Crippen LogP contribution in [-0.2, 0) is 16.0 Å². The largest absolute Gasteiger partial charge is 0.493 e. The normalized spacial score (nSPS) is 15.4. The molecule has 0 aliphatic carbocycles. The van der Waals surface area contributed by atoms with Crippen molar-refractivity contribution in [2.24, 2.45) is 0 Å². The van der Waals surface area contributed by atoms with Gasteiger partial charge in [0.15, 0.2) is 16.6 Å². The van der Waals surface area contributed by atoms with E-state index >= 15 is 0 Å². The Bertz CT molecular complexity index is 1030. The van der Waals surface area contributed by atoms with Crippen molar-refractivity contribution in [1.82, 2.24) is 5.32 Å². The van der Waals surface area contributed by atoms with Gasteiger partial charge < -0.3 is 9.47 Å². The third-order valence-electron chi connectivity index (χ3n) is 4.59. The molecule has 30 heavy (non-hydrogen) atoms. The number of ether oxygens (including phenoxy) is 2. The number of hydrogen-bond donors (Lipinski definition) is 1. The molecule has 156 valence electrons. The number of amides is 2. The average Bonchev–Trinajstić information content (AvgIpc) is 2.73. The number of carbonyl (C=O) groups excluding carboxylic acids is 2. The average molecular weight is 489 g/mol. The zero-order valence-electron chi connectivity index (χ0n) is 16.8. The Morgan fingerprint density at radius 2 is 1.83 bits per heavy atom. The molecule has 0 unspecified atom stereocenters. The van der Waals surface area contributed by atoms with Gasteiger partial charge in [-0.25, -0.2) is 0 Å². The van der Waals surface area contributed by atoms with Crippen LogP contribution < -0.4 is 19.7 Å². The third-order valence-corrected chi connectivity index (χ3v) is 5.56. The second kappa shape index (κ2) is 9.40. The van der Waals surface area contributed by atoms with Crippen molar-refractivity contribution < 1.29 is 19.1 Å². The lowest BCUT2D eigenvalue weighted by atomic mass is 10.1. The summed E-state index contributed by atoms with van der Waals surface area (Å²) in [7, 11) is 1.54. The van der Waals surface area contributed by atoms with E-state index in [2.05, 4.69) is 28.2 Å². The molecule has 8 heteroatoms. The van der Waals surface area contributed by atoms with Crippen LogP contribution in [0, 0.1) is 0 Å². The lowest BCUT2D eigenvalue weighted by Crippen LogP contribution is -2.54. The SMILES string of the molecule is CCOc1cc(/C=C2\C(=O)NC(=S)N(c3ccc(CC)cc3)C2=O)c(Br)cc1OC. The molecule has 2 amide bonds. The highest BCUT2D eigenvalue weighted by molar-refractivity contribution is 9.10. The molecule has 2 aromatic carbocycles. The topological polar surface area (TPSA) is 67.9 Å². The number of methoxy groups -OCH3 is 1. The van der Waals surface area contributed by atoms with Crippen molar-refractivity contribution in [2.75, 3.05) is 18.6 Å². The molecule has 1 fully saturated rings. The molecule has 0 radical (unpaired) electrons. The van der Waals surface area contributed by atoms with E-state index in [1.165, 1.54) is 11.0 Å². The van der Waals surface area contributed by atoms with Crippen LogP contribution in [0.1, 0.15) is 25.0 Å². The Labute approximate surface area is 189 Å². The standard InChI is InChI=1S/C22H21BrN2O4S/c1-4-13-6-8-15(9-7-13)25-21(27)16(20(26)24-22(25)30)10-14-11-19(29-5-2)18(28-3)12-17(14)23/h6-12H,4-5H2,1-3H3,(H,24,26,30)/b16-10+. The minimum absolute atomic E-state index is 0.0310. The van der Waals surface area contributed by atoms with E-state index in [-0.39, 0.29) is 10.7 Å². The summed E-state index contributed by atoms with van der Waals surface area (Å²) in [6.45, 7) is 4.36. The fraction of sp³-hybridized carbons (Fsp3) is 0.227. The van der Waals surface area contributed by atoms with E-state index in [1.807, 2.05) is 31.2 Å². The summed E-state index contributed by atoms with van der Waals surface area (Å²) >= 11 is 8.72. The van der Waals surface area contributed by atoms with E-state index in [0.29, 0.717) is 33.8 Å². The quantitative estimate of drug-likeness (QED) is 0.374. The zero-order valence-corrected chi connectivity index (χ0v) is 19.2. The molecule has 1 aliphatic rings. The molecule has 1 aliphatic heterocycles. The van der Waals surface area contributed by atoms with Crippen LogP contribution in [0.25, 0.3) is 6.08 Å². The van der Waals surface area contributed by atoms with E-state index < -0.39 is 11.8 Å². The van der Waals surface area contributed by atoms with Gasteiger partial charge in [-0.2, -0.15) is 0 Å². The van der Waals surface area contributed by atoms with E-state index in [0.717, 1.165) is 12.0 Å². The van der Waals surface area contributed by atoms with E-state index in [4.69, 9.17) is 21.7 Å². The molecular weight excluding hydrogens is 468 g/mol. The lowest BCUT2D eigenvalue weighted by Gasteiger charge is -2.29. The van der Waals surface area contributed by atoms with Crippen LogP contribution in [0.3, 0.4) is 0 Å². The van der Waals surface area contributed by atoms with Crippen molar-refractivity contribution in [3.8, 4) is 11.5 Å². The van der Waals surface area contributed by atoms with Gasteiger partial charge in [0, 0.05) is 4.47 Å². The summed E-state index contributed by atoms with van der Waals surface area (Å²) in [6.07, 6.45) is 2.40. The minimum Gasteiger partial charge on any atom is -0.493 e. The summed E-state index contributed by atoms with van der Waals surface area (Å²) in [6, 6.07) is 10.9. The van der Waals surface area contributed by atoms with Gasteiger partial charge in [0.2, 0.25) is 0 Å². The molecule has 0 aromatic heterocycles. The highest BCUT2D eigenvalue weighted by atomic mass is 79.9. The molecule has 0 saturated carbocycles. The first-order chi connectivity index (χ1) is 14.4. The van der Waals surface area contributed by atoms with Gasteiger partial charge in [0.05, 0.1) is 19.4 Å². The van der Waals surface area contributed by atoms with Gasteiger partial charge >= 0.3 is 0 Å². The molecule has 1 heterocycles. The summed E-state index contributed by atoms with van der Waals surface area (Å²) in [4.78, 5) is 27.1. The number of rotatable bonds is 6. The minimum atomic E-state index is -0.549. The van der Waals surface area contributed by atoms with Crippen molar-refractivity contribution in [2.45, 2.75) is 20.3 Å². The molecule has 0 atom stereocenters. The van der Waals surface area contributed by atoms with Gasteiger partial charge in [0.25, 0.3) is 11.8 Å². The number of hydrogen-bond acceptors (Lipinski definition) is 5. The van der Waals surface area contributed by atoms with E-state index in [9.17, 15) is 9.59 Å². The first-order valence-corrected chi connectivity index (χ1v) is 10.6. The Morgan fingerprint density at radius 1 is 1.13 bits per heavy atom. The number of nitrogens with zero attached hydrogens (tertiary/aromatic N) is 1. The van der Waals surface area contributed by atoms with Crippen LogP contribution in [0.2, 0.25) is 0 Å². The van der Waals surface area contributed by atoms with Crippen molar-refractivity contribution >= 4 is 56.8 Å². The van der Waals surface area contributed by atoms with Crippen LogP contribution in [0.5, 0.6) is 11.5 Å². The molecule has 1 saturated heterocycles. The van der Waals surface area contributed by atoms with Crippen molar-refractivity contribution in [3.05, 3.63) is 57.6 Å². The zero-order chi connectivity index (χ0) is 21.8. The molecular formula is C22H21BrN2O4S. The Balaban J connectivity index is 2.03. The number of nitrogens with one attached hydrogen (secondary N) is 1. The van der Waals surface area contributed by atoms with Gasteiger partial charge in [-0.15, -0.1) is 0 Å².